The van der Waals surface area contributed by atoms with Gasteiger partial charge in [0, 0.05) is 0 Å². The minimum absolute atomic E-state index is 0.593. The summed E-state index contributed by atoms with van der Waals surface area (Å²) < 4.78 is 0. The summed E-state index contributed by atoms with van der Waals surface area (Å²) in [7, 11) is 0. The van der Waals surface area contributed by atoms with Crippen molar-refractivity contribution < 1.29 is 0 Å². The predicted octanol–water partition coefficient (Wildman–Crippen LogP) is 4.42. The second-order valence-electron chi connectivity index (χ2n) is 7.28. The van der Waals surface area contributed by atoms with E-state index >= 15 is 0 Å². The van der Waals surface area contributed by atoms with Gasteiger partial charge in [-0.25, -0.2) is 0 Å². The Bertz CT molecular complexity index is 323. The lowest BCUT2D eigenvalue weighted by Gasteiger charge is -2.37. The number of hydrogen-bond donors (Lipinski definition) is 0. The summed E-state index contributed by atoms with van der Waals surface area (Å²) in [6, 6.07) is 0. The molecule has 0 amide bonds. The van der Waals surface area contributed by atoms with Crippen LogP contribution in [0.4, 0.5) is 0 Å². The Balaban J connectivity index is 2.06. The normalized spacial score (nSPS) is 51.5. The molecule has 0 radical (unpaired) electrons. The summed E-state index contributed by atoms with van der Waals surface area (Å²) in [6.45, 7) is 9.95. The van der Waals surface area contributed by atoms with E-state index in [4.69, 9.17) is 0 Å². The number of rotatable bonds is 0. The summed E-state index contributed by atoms with van der Waals surface area (Å²) in [6.07, 6.45) is 8.32. The zero-order chi connectivity index (χ0) is 10.8. The van der Waals surface area contributed by atoms with Gasteiger partial charge in [-0.05, 0) is 61.2 Å². The molecular weight excluding hydrogens is 180 g/mol. The molecule has 2 fully saturated rings. The van der Waals surface area contributed by atoms with Gasteiger partial charge in [0.2, 0.25) is 0 Å². The molecule has 0 unspecified atom stereocenters. The number of hydrogen-bond acceptors (Lipinski definition) is 0. The van der Waals surface area contributed by atoms with E-state index in [0.717, 1.165) is 17.8 Å². The van der Waals surface area contributed by atoms with Crippen molar-refractivity contribution in [3.8, 4) is 0 Å². The van der Waals surface area contributed by atoms with Crippen LogP contribution in [0.2, 0.25) is 0 Å². The first-order valence-corrected chi connectivity index (χ1v) is 6.61. The monoisotopic (exact) mass is 204 g/mol. The number of allylic oxidation sites excluding steroid dienone is 2. The maximum absolute atomic E-state index is 2.57. The summed E-state index contributed by atoms with van der Waals surface area (Å²) in [5.74, 6) is 2.92. The van der Waals surface area contributed by atoms with Crippen molar-refractivity contribution in [2.24, 2.45) is 28.6 Å². The molecule has 15 heavy (non-hydrogen) atoms. The lowest BCUT2D eigenvalue weighted by atomic mass is 9.67. The lowest BCUT2D eigenvalue weighted by molar-refractivity contribution is 0.169. The molecule has 0 aromatic heterocycles. The molecule has 0 bridgehead atoms. The molecule has 0 nitrogen and oxygen atoms in total. The third kappa shape index (κ3) is 1.14. The molecule has 0 heteroatoms. The van der Waals surface area contributed by atoms with Crippen LogP contribution in [-0.2, 0) is 0 Å². The largest absolute Gasteiger partial charge is 0.0850 e. The quantitative estimate of drug-likeness (QED) is 0.513. The molecule has 84 valence electrons. The summed E-state index contributed by atoms with van der Waals surface area (Å²) >= 11 is 0. The first-order chi connectivity index (χ1) is 6.94. The molecule has 0 saturated heterocycles. The maximum atomic E-state index is 2.57. The highest BCUT2D eigenvalue weighted by molar-refractivity contribution is 5.21. The highest BCUT2D eigenvalue weighted by Crippen LogP contribution is 2.68. The van der Waals surface area contributed by atoms with E-state index in [1.165, 1.54) is 25.7 Å². The van der Waals surface area contributed by atoms with Gasteiger partial charge in [0.05, 0.1) is 0 Å². The third-order valence-electron chi connectivity index (χ3n) is 5.84. The van der Waals surface area contributed by atoms with Crippen molar-refractivity contribution in [3.63, 3.8) is 0 Å². The van der Waals surface area contributed by atoms with Crippen LogP contribution in [0.5, 0.6) is 0 Å². The molecule has 0 aromatic carbocycles. The van der Waals surface area contributed by atoms with E-state index in [1.54, 1.807) is 5.57 Å². The van der Waals surface area contributed by atoms with E-state index in [1.807, 2.05) is 0 Å². The van der Waals surface area contributed by atoms with Crippen molar-refractivity contribution in [1.29, 1.82) is 0 Å². The fraction of sp³-hybridized carbons (Fsp3) is 0.867. The Morgan fingerprint density at radius 2 is 2.00 bits per heavy atom. The van der Waals surface area contributed by atoms with Crippen LogP contribution in [0, 0.1) is 28.6 Å². The lowest BCUT2D eigenvalue weighted by Crippen LogP contribution is -2.30. The molecule has 3 rings (SSSR count). The average molecular weight is 204 g/mol. The molecule has 3 aliphatic carbocycles. The fourth-order valence-corrected chi connectivity index (χ4v) is 5.39. The maximum Gasteiger partial charge on any atom is -0.0169 e. The van der Waals surface area contributed by atoms with Gasteiger partial charge in [-0.2, -0.15) is 0 Å². The summed E-state index contributed by atoms with van der Waals surface area (Å²) in [5, 5.41) is 0. The average Bonchev–Trinajstić information content (AvgIpc) is 2.53. The predicted molar refractivity (Wildman–Crippen MR) is 64.6 cm³/mol. The van der Waals surface area contributed by atoms with E-state index in [2.05, 4.69) is 33.8 Å². The first-order valence-electron chi connectivity index (χ1n) is 6.61. The van der Waals surface area contributed by atoms with Crippen molar-refractivity contribution in [2.45, 2.75) is 53.4 Å². The summed E-state index contributed by atoms with van der Waals surface area (Å²) in [4.78, 5) is 0. The first kappa shape index (κ1) is 9.93. The Hall–Kier alpha value is -0.260. The third-order valence-corrected chi connectivity index (χ3v) is 5.84. The van der Waals surface area contributed by atoms with Gasteiger partial charge in [0.15, 0.2) is 0 Å². The van der Waals surface area contributed by atoms with E-state index < -0.39 is 0 Å². The highest BCUT2D eigenvalue weighted by Gasteiger charge is 2.60. The topological polar surface area (TPSA) is 0 Å². The van der Waals surface area contributed by atoms with Crippen LogP contribution < -0.4 is 0 Å². The Kier molecular flexibility index (Phi) is 1.79. The second kappa shape index (κ2) is 2.70. The molecule has 0 aromatic rings. The van der Waals surface area contributed by atoms with Gasteiger partial charge in [-0.1, -0.05) is 32.4 Å². The van der Waals surface area contributed by atoms with Crippen LogP contribution in [0.3, 0.4) is 0 Å². The van der Waals surface area contributed by atoms with Crippen LogP contribution >= 0.6 is 0 Å². The molecule has 2 saturated carbocycles. The standard InChI is InChI=1S/C15H24/c1-10-5-6-12-13-11(10)7-8-15(13,4)9-14(12,2)3/h5,11-13H,6-9H2,1-4H3/t11-,12-,13+,15+/m1/s1. The smallest absolute Gasteiger partial charge is 0.0169 e. The van der Waals surface area contributed by atoms with Crippen LogP contribution in [0.25, 0.3) is 0 Å². The van der Waals surface area contributed by atoms with Crippen molar-refractivity contribution in [1.82, 2.24) is 0 Å². The Morgan fingerprint density at radius 1 is 1.27 bits per heavy atom. The van der Waals surface area contributed by atoms with Gasteiger partial charge in [0.1, 0.15) is 0 Å². The van der Waals surface area contributed by atoms with Gasteiger partial charge in [-0.3, -0.25) is 0 Å². The van der Waals surface area contributed by atoms with Gasteiger partial charge in [-0.15, -0.1) is 0 Å². The molecule has 0 heterocycles. The van der Waals surface area contributed by atoms with E-state index in [9.17, 15) is 0 Å². The minimum atomic E-state index is 0.593. The molecule has 0 spiro atoms. The fourth-order valence-electron chi connectivity index (χ4n) is 5.39. The Labute approximate surface area is 94.1 Å². The van der Waals surface area contributed by atoms with Crippen LogP contribution in [0.15, 0.2) is 11.6 Å². The van der Waals surface area contributed by atoms with Gasteiger partial charge in [0.25, 0.3) is 0 Å². The zero-order valence-electron chi connectivity index (χ0n) is 10.6. The van der Waals surface area contributed by atoms with Crippen LogP contribution in [0.1, 0.15) is 53.4 Å². The van der Waals surface area contributed by atoms with Crippen LogP contribution in [-0.4, -0.2) is 0 Å². The van der Waals surface area contributed by atoms with Crippen molar-refractivity contribution in [3.05, 3.63) is 11.6 Å². The second-order valence-corrected chi connectivity index (χ2v) is 7.28. The molecule has 0 aliphatic heterocycles. The molecule has 4 atom stereocenters. The summed E-state index contributed by atoms with van der Waals surface area (Å²) in [5.41, 5.74) is 2.97. The SMILES string of the molecule is CC1=CC[C@@H]2[C@@H]3[C@@H]1CC[C@@]3(C)CC2(C)C. The molecule has 3 aliphatic rings. The Morgan fingerprint density at radius 3 is 2.73 bits per heavy atom. The minimum Gasteiger partial charge on any atom is -0.0850 e. The van der Waals surface area contributed by atoms with Crippen molar-refractivity contribution in [2.75, 3.05) is 0 Å². The van der Waals surface area contributed by atoms with Gasteiger partial charge < -0.3 is 0 Å². The van der Waals surface area contributed by atoms with Gasteiger partial charge >= 0.3 is 0 Å². The molecule has 0 N–H and O–H groups in total. The van der Waals surface area contributed by atoms with E-state index in [-0.39, 0.29) is 0 Å². The van der Waals surface area contributed by atoms with E-state index in [0.29, 0.717) is 10.8 Å². The van der Waals surface area contributed by atoms with Crippen molar-refractivity contribution >= 4 is 0 Å². The molecular formula is C15H24. The zero-order valence-corrected chi connectivity index (χ0v) is 10.6. The highest BCUT2D eigenvalue weighted by atomic mass is 14.6.